The van der Waals surface area contributed by atoms with E-state index < -0.39 is 0 Å². The van der Waals surface area contributed by atoms with E-state index in [1.165, 1.54) is 12.1 Å². The molecule has 0 bridgehead atoms. The van der Waals surface area contributed by atoms with Crippen molar-refractivity contribution in [2.24, 2.45) is 5.92 Å². The maximum absolute atomic E-state index is 3.41. The lowest BCUT2D eigenvalue weighted by Gasteiger charge is -2.35. The van der Waals surface area contributed by atoms with Gasteiger partial charge in [0.05, 0.1) is 0 Å². The van der Waals surface area contributed by atoms with E-state index >= 15 is 0 Å². The fourth-order valence-electron chi connectivity index (χ4n) is 1.58. The molecule has 58 valence electrons. The van der Waals surface area contributed by atoms with Crippen LogP contribution in [0.2, 0.25) is 0 Å². The highest BCUT2D eigenvalue weighted by atomic mass is 15.0. The van der Waals surface area contributed by atoms with Crippen molar-refractivity contribution in [2.75, 3.05) is 6.54 Å². The van der Waals surface area contributed by atoms with Crippen LogP contribution in [0.4, 0.5) is 0 Å². The number of hydrogen-bond donors (Lipinski definition) is 1. The van der Waals surface area contributed by atoms with Gasteiger partial charge in [-0.3, -0.25) is 0 Å². The molecule has 1 heteroatoms. The summed E-state index contributed by atoms with van der Waals surface area (Å²) in [5.41, 5.74) is 1.42. The van der Waals surface area contributed by atoms with Crippen LogP contribution in [0.3, 0.4) is 0 Å². The Morgan fingerprint density at radius 2 is 2.00 bits per heavy atom. The summed E-state index contributed by atoms with van der Waals surface area (Å²) in [7, 11) is 0. The third kappa shape index (κ3) is 1.16. The largest absolute Gasteiger partial charge is 0.309 e. The van der Waals surface area contributed by atoms with Gasteiger partial charge in [0.25, 0.3) is 0 Å². The zero-order valence-electron chi connectivity index (χ0n) is 6.75. The maximum atomic E-state index is 3.41. The molecule has 2 atom stereocenters. The number of benzene rings is 1. The third-order valence-electron chi connectivity index (χ3n) is 2.39. The summed E-state index contributed by atoms with van der Waals surface area (Å²) >= 11 is 0. The van der Waals surface area contributed by atoms with Crippen LogP contribution in [-0.2, 0) is 0 Å². The van der Waals surface area contributed by atoms with Crippen LogP contribution in [0, 0.1) is 5.92 Å². The molecule has 1 aliphatic rings. The Balaban J connectivity index is 2.17. The SMILES string of the molecule is C[C@@H]1CN[C@H]1c1ccccc1. The minimum Gasteiger partial charge on any atom is -0.309 e. The van der Waals surface area contributed by atoms with E-state index in [4.69, 9.17) is 0 Å². The van der Waals surface area contributed by atoms with Crippen molar-refractivity contribution >= 4 is 0 Å². The van der Waals surface area contributed by atoms with Crippen molar-refractivity contribution in [3.05, 3.63) is 35.9 Å². The molecule has 0 unspecified atom stereocenters. The van der Waals surface area contributed by atoms with Gasteiger partial charge in [-0.05, 0) is 11.5 Å². The Bertz CT molecular complexity index is 230. The highest BCUT2D eigenvalue weighted by Crippen LogP contribution is 2.27. The van der Waals surface area contributed by atoms with Gasteiger partial charge in [-0.15, -0.1) is 0 Å². The fourth-order valence-corrected chi connectivity index (χ4v) is 1.58. The van der Waals surface area contributed by atoms with Crippen LogP contribution < -0.4 is 5.32 Å². The van der Waals surface area contributed by atoms with E-state index in [0.717, 1.165) is 5.92 Å². The molecular formula is C10H13N. The van der Waals surface area contributed by atoms with Crippen LogP contribution in [0.5, 0.6) is 0 Å². The Morgan fingerprint density at radius 1 is 1.27 bits per heavy atom. The lowest BCUT2D eigenvalue weighted by atomic mass is 9.88. The van der Waals surface area contributed by atoms with Gasteiger partial charge in [-0.1, -0.05) is 37.3 Å². The first kappa shape index (κ1) is 6.86. The molecule has 0 spiro atoms. The smallest absolute Gasteiger partial charge is 0.0358 e. The molecule has 1 aromatic rings. The fraction of sp³-hybridized carbons (Fsp3) is 0.400. The van der Waals surface area contributed by atoms with E-state index in [2.05, 4.69) is 42.6 Å². The quantitative estimate of drug-likeness (QED) is 0.640. The van der Waals surface area contributed by atoms with Crippen LogP contribution in [-0.4, -0.2) is 6.54 Å². The molecule has 1 heterocycles. The number of nitrogens with one attached hydrogen (secondary N) is 1. The topological polar surface area (TPSA) is 12.0 Å². The van der Waals surface area contributed by atoms with Crippen LogP contribution >= 0.6 is 0 Å². The molecule has 0 aromatic heterocycles. The van der Waals surface area contributed by atoms with E-state index in [9.17, 15) is 0 Å². The van der Waals surface area contributed by atoms with Gasteiger partial charge in [0, 0.05) is 12.6 Å². The van der Waals surface area contributed by atoms with Crippen molar-refractivity contribution in [3.63, 3.8) is 0 Å². The second kappa shape index (κ2) is 2.67. The van der Waals surface area contributed by atoms with Gasteiger partial charge in [0.2, 0.25) is 0 Å². The minimum atomic E-state index is 0.608. The van der Waals surface area contributed by atoms with Gasteiger partial charge in [-0.2, -0.15) is 0 Å². The van der Waals surface area contributed by atoms with E-state index in [1.54, 1.807) is 0 Å². The molecule has 0 radical (unpaired) electrons. The summed E-state index contributed by atoms with van der Waals surface area (Å²) in [6.07, 6.45) is 0. The molecule has 1 aromatic carbocycles. The predicted molar refractivity (Wildman–Crippen MR) is 46.3 cm³/mol. The summed E-state index contributed by atoms with van der Waals surface area (Å²) in [6.45, 7) is 3.45. The normalized spacial score (nSPS) is 29.5. The summed E-state index contributed by atoms with van der Waals surface area (Å²) in [5, 5.41) is 3.41. The zero-order valence-corrected chi connectivity index (χ0v) is 6.75. The van der Waals surface area contributed by atoms with E-state index in [-0.39, 0.29) is 0 Å². The van der Waals surface area contributed by atoms with Crippen molar-refractivity contribution in [3.8, 4) is 0 Å². The van der Waals surface area contributed by atoms with Crippen molar-refractivity contribution < 1.29 is 0 Å². The Labute approximate surface area is 67.4 Å². The summed E-state index contributed by atoms with van der Waals surface area (Å²) < 4.78 is 0. The third-order valence-corrected chi connectivity index (χ3v) is 2.39. The predicted octanol–water partition coefficient (Wildman–Crippen LogP) is 1.97. The average molecular weight is 147 g/mol. The molecule has 1 nitrogen and oxygen atoms in total. The molecular weight excluding hydrogens is 134 g/mol. The molecule has 1 aliphatic heterocycles. The Morgan fingerprint density at radius 3 is 2.45 bits per heavy atom. The summed E-state index contributed by atoms with van der Waals surface area (Å²) in [4.78, 5) is 0. The van der Waals surface area contributed by atoms with Crippen molar-refractivity contribution in [1.29, 1.82) is 0 Å². The number of rotatable bonds is 1. The van der Waals surface area contributed by atoms with Gasteiger partial charge >= 0.3 is 0 Å². The summed E-state index contributed by atoms with van der Waals surface area (Å²) in [6, 6.07) is 11.2. The first-order chi connectivity index (χ1) is 5.38. The van der Waals surface area contributed by atoms with Gasteiger partial charge < -0.3 is 5.32 Å². The maximum Gasteiger partial charge on any atom is 0.0358 e. The molecule has 1 fully saturated rings. The molecule has 0 saturated carbocycles. The Hall–Kier alpha value is -0.820. The molecule has 11 heavy (non-hydrogen) atoms. The highest BCUT2D eigenvalue weighted by Gasteiger charge is 2.26. The van der Waals surface area contributed by atoms with Gasteiger partial charge in [-0.25, -0.2) is 0 Å². The van der Waals surface area contributed by atoms with E-state index in [1.807, 2.05) is 0 Å². The van der Waals surface area contributed by atoms with Crippen LogP contribution in [0.15, 0.2) is 30.3 Å². The summed E-state index contributed by atoms with van der Waals surface area (Å²) in [5.74, 6) is 0.803. The zero-order chi connectivity index (χ0) is 7.68. The lowest BCUT2D eigenvalue weighted by molar-refractivity contribution is 0.258. The van der Waals surface area contributed by atoms with Gasteiger partial charge in [0.1, 0.15) is 0 Å². The standard InChI is InChI=1S/C10H13N/c1-8-7-11-10(8)9-5-3-2-4-6-9/h2-6,8,10-11H,7H2,1H3/t8-,10-/m1/s1. The second-order valence-corrected chi connectivity index (χ2v) is 3.27. The van der Waals surface area contributed by atoms with Crippen molar-refractivity contribution in [1.82, 2.24) is 5.32 Å². The van der Waals surface area contributed by atoms with Crippen molar-refractivity contribution in [2.45, 2.75) is 13.0 Å². The number of hydrogen-bond acceptors (Lipinski definition) is 1. The van der Waals surface area contributed by atoms with Crippen LogP contribution in [0.1, 0.15) is 18.5 Å². The molecule has 0 aliphatic carbocycles. The molecule has 1 saturated heterocycles. The first-order valence-corrected chi connectivity index (χ1v) is 4.16. The lowest BCUT2D eigenvalue weighted by Crippen LogP contribution is -2.43. The van der Waals surface area contributed by atoms with Crippen LogP contribution in [0.25, 0.3) is 0 Å². The highest BCUT2D eigenvalue weighted by molar-refractivity contribution is 5.21. The Kier molecular flexibility index (Phi) is 1.66. The molecule has 2 rings (SSSR count). The molecule has 0 amide bonds. The monoisotopic (exact) mass is 147 g/mol. The molecule has 1 N–H and O–H groups in total. The van der Waals surface area contributed by atoms with E-state index in [0.29, 0.717) is 6.04 Å². The first-order valence-electron chi connectivity index (χ1n) is 4.16. The minimum absolute atomic E-state index is 0.608. The van der Waals surface area contributed by atoms with Gasteiger partial charge in [0.15, 0.2) is 0 Å². The average Bonchev–Trinajstić information content (AvgIpc) is 2.04. The second-order valence-electron chi connectivity index (χ2n) is 3.27.